The predicted octanol–water partition coefficient (Wildman–Crippen LogP) is 3.73. The summed E-state index contributed by atoms with van der Waals surface area (Å²) in [6.45, 7) is 3.28. The highest BCUT2D eigenvalue weighted by Gasteiger charge is 2.23. The second-order valence-corrected chi connectivity index (χ2v) is 8.68. The number of piperazine rings is 1. The zero-order valence-corrected chi connectivity index (χ0v) is 18.5. The molecule has 3 heterocycles. The Kier molecular flexibility index (Phi) is 6.84. The lowest BCUT2D eigenvalue weighted by Crippen LogP contribution is -2.48. The Morgan fingerprint density at radius 3 is 2.58 bits per heavy atom. The Morgan fingerprint density at radius 1 is 1.06 bits per heavy atom. The van der Waals surface area contributed by atoms with E-state index in [4.69, 9.17) is 11.6 Å². The number of nitrogens with one attached hydrogen (secondary N) is 1. The first kappa shape index (κ1) is 21.3. The summed E-state index contributed by atoms with van der Waals surface area (Å²) in [7, 11) is 0. The number of thiophene rings is 1. The van der Waals surface area contributed by atoms with E-state index < -0.39 is 0 Å². The molecule has 0 bridgehead atoms. The molecular formula is C23H23ClN4O2S. The number of amides is 2. The van der Waals surface area contributed by atoms with Gasteiger partial charge in [-0.05, 0) is 47.7 Å². The first-order valence-corrected chi connectivity index (χ1v) is 11.4. The summed E-state index contributed by atoms with van der Waals surface area (Å²) in [5, 5.41) is 5.53. The van der Waals surface area contributed by atoms with Crippen LogP contribution in [-0.2, 0) is 6.42 Å². The van der Waals surface area contributed by atoms with Crippen molar-refractivity contribution >= 4 is 40.6 Å². The van der Waals surface area contributed by atoms with Crippen LogP contribution < -0.4 is 10.2 Å². The molecule has 1 aromatic carbocycles. The van der Waals surface area contributed by atoms with E-state index in [1.54, 1.807) is 12.3 Å². The first-order valence-electron chi connectivity index (χ1n) is 10.2. The molecular weight excluding hydrogens is 432 g/mol. The first-order chi connectivity index (χ1) is 15.1. The maximum absolute atomic E-state index is 12.5. The maximum atomic E-state index is 12.5. The van der Waals surface area contributed by atoms with Crippen molar-refractivity contribution in [2.75, 3.05) is 37.6 Å². The van der Waals surface area contributed by atoms with Crippen LogP contribution in [0.3, 0.4) is 0 Å². The smallest absolute Gasteiger partial charge is 0.264 e. The minimum Gasteiger partial charge on any atom is -0.353 e. The molecule has 0 aliphatic carbocycles. The lowest BCUT2D eigenvalue weighted by atomic mass is 10.1. The van der Waals surface area contributed by atoms with Gasteiger partial charge in [0.15, 0.2) is 0 Å². The van der Waals surface area contributed by atoms with Crippen LogP contribution in [0.4, 0.5) is 5.82 Å². The highest BCUT2D eigenvalue weighted by atomic mass is 35.5. The third kappa shape index (κ3) is 5.42. The van der Waals surface area contributed by atoms with Gasteiger partial charge < -0.3 is 15.1 Å². The van der Waals surface area contributed by atoms with E-state index in [0.717, 1.165) is 29.3 Å². The van der Waals surface area contributed by atoms with Crippen molar-refractivity contribution in [1.82, 2.24) is 15.2 Å². The van der Waals surface area contributed by atoms with E-state index in [9.17, 15) is 9.59 Å². The van der Waals surface area contributed by atoms with Crippen LogP contribution in [0.1, 0.15) is 25.6 Å². The second-order valence-electron chi connectivity index (χ2n) is 7.30. The zero-order valence-electron chi connectivity index (χ0n) is 17.0. The Bertz CT molecular complexity index is 1030. The van der Waals surface area contributed by atoms with E-state index >= 15 is 0 Å². The number of halogens is 1. The highest BCUT2D eigenvalue weighted by Crippen LogP contribution is 2.17. The molecule has 1 N–H and O–H groups in total. The zero-order chi connectivity index (χ0) is 21.6. The SMILES string of the molecule is O=C(NCCc1cccc(Cl)c1)c1ccc(N2CCN(C(=O)c3cccs3)CC2)nc1. The standard InChI is InChI=1S/C23H23ClN4O2S/c24-19-4-1-3-17(15-19)8-9-25-22(29)18-6-7-21(26-16-18)27-10-12-28(13-11-27)23(30)20-5-2-14-31-20/h1-7,14-16H,8-13H2,(H,25,29). The average Bonchev–Trinajstić information content (AvgIpc) is 3.34. The molecule has 0 unspecified atom stereocenters. The third-order valence-corrected chi connectivity index (χ3v) is 6.31. The van der Waals surface area contributed by atoms with Crippen molar-refractivity contribution < 1.29 is 9.59 Å². The van der Waals surface area contributed by atoms with Crippen molar-refractivity contribution in [2.24, 2.45) is 0 Å². The molecule has 0 saturated carbocycles. The number of aromatic nitrogens is 1. The average molecular weight is 455 g/mol. The highest BCUT2D eigenvalue weighted by molar-refractivity contribution is 7.12. The number of benzene rings is 1. The van der Waals surface area contributed by atoms with Gasteiger partial charge in [0.05, 0.1) is 10.4 Å². The lowest BCUT2D eigenvalue weighted by Gasteiger charge is -2.35. The van der Waals surface area contributed by atoms with Crippen LogP contribution >= 0.6 is 22.9 Å². The molecule has 8 heteroatoms. The van der Waals surface area contributed by atoms with Crippen molar-refractivity contribution in [3.05, 3.63) is 81.1 Å². The van der Waals surface area contributed by atoms with Crippen molar-refractivity contribution in [3.63, 3.8) is 0 Å². The predicted molar refractivity (Wildman–Crippen MR) is 124 cm³/mol. The summed E-state index contributed by atoms with van der Waals surface area (Å²) >= 11 is 7.46. The van der Waals surface area contributed by atoms with Gasteiger partial charge in [-0.3, -0.25) is 9.59 Å². The minimum atomic E-state index is -0.146. The van der Waals surface area contributed by atoms with Gasteiger partial charge >= 0.3 is 0 Å². The quantitative estimate of drug-likeness (QED) is 0.616. The minimum absolute atomic E-state index is 0.0902. The van der Waals surface area contributed by atoms with Crippen molar-refractivity contribution in [2.45, 2.75) is 6.42 Å². The van der Waals surface area contributed by atoms with Gasteiger partial charge in [0.25, 0.3) is 11.8 Å². The number of hydrogen-bond donors (Lipinski definition) is 1. The Labute approximate surface area is 190 Å². The largest absolute Gasteiger partial charge is 0.353 e. The normalized spacial score (nSPS) is 13.8. The molecule has 4 rings (SSSR count). The molecule has 0 atom stereocenters. The van der Waals surface area contributed by atoms with Crippen LogP contribution in [0.2, 0.25) is 5.02 Å². The summed E-state index contributed by atoms with van der Waals surface area (Å²) in [5.74, 6) is 0.763. The number of anilines is 1. The Balaban J connectivity index is 1.26. The molecule has 3 aromatic rings. The fourth-order valence-electron chi connectivity index (χ4n) is 3.52. The molecule has 1 aliphatic heterocycles. The van der Waals surface area contributed by atoms with Gasteiger partial charge in [-0.15, -0.1) is 11.3 Å². The van der Waals surface area contributed by atoms with Crippen LogP contribution in [0, 0.1) is 0 Å². The van der Waals surface area contributed by atoms with Crippen LogP contribution in [0.15, 0.2) is 60.1 Å². The fourth-order valence-corrected chi connectivity index (χ4v) is 4.42. The van der Waals surface area contributed by atoms with Crippen molar-refractivity contribution in [1.29, 1.82) is 0 Å². The molecule has 2 amide bonds. The second kappa shape index (κ2) is 9.94. The lowest BCUT2D eigenvalue weighted by molar-refractivity contribution is 0.0751. The van der Waals surface area contributed by atoms with E-state index in [2.05, 4.69) is 15.2 Å². The molecule has 0 radical (unpaired) electrons. The maximum Gasteiger partial charge on any atom is 0.264 e. The van der Waals surface area contributed by atoms with Gasteiger partial charge in [0.1, 0.15) is 5.82 Å². The summed E-state index contributed by atoms with van der Waals surface area (Å²) in [5.41, 5.74) is 1.61. The van der Waals surface area contributed by atoms with Gasteiger partial charge in [-0.1, -0.05) is 29.8 Å². The molecule has 1 saturated heterocycles. The molecule has 1 aliphatic rings. The van der Waals surface area contributed by atoms with Crippen molar-refractivity contribution in [3.8, 4) is 0 Å². The summed E-state index contributed by atoms with van der Waals surface area (Å²) in [6.07, 6.45) is 2.32. The van der Waals surface area contributed by atoms with E-state index in [-0.39, 0.29) is 11.8 Å². The molecule has 6 nitrogen and oxygen atoms in total. The molecule has 2 aromatic heterocycles. The number of hydrogen-bond acceptors (Lipinski definition) is 5. The number of pyridine rings is 1. The number of rotatable bonds is 6. The molecule has 0 spiro atoms. The summed E-state index contributed by atoms with van der Waals surface area (Å²) < 4.78 is 0. The summed E-state index contributed by atoms with van der Waals surface area (Å²) in [6, 6.07) is 15.0. The molecule has 160 valence electrons. The number of nitrogens with zero attached hydrogens (tertiary/aromatic N) is 3. The topological polar surface area (TPSA) is 65.5 Å². The Morgan fingerprint density at radius 2 is 1.90 bits per heavy atom. The third-order valence-electron chi connectivity index (χ3n) is 5.22. The molecule has 1 fully saturated rings. The van der Waals surface area contributed by atoms with Gasteiger partial charge in [-0.25, -0.2) is 4.98 Å². The van der Waals surface area contributed by atoms with Gasteiger partial charge in [-0.2, -0.15) is 0 Å². The van der Waals surface area contributed by atoms with Crippen LogP contribution in [0.5, 0.6) is 0 Å². The fraction of sp³-hybridized carbons (Fsp3) is 0.261. The van der Waals surface area contributed by atoms with Crippen LogP contribution in [0.25, 0.3) is 0 Å². The van der Waals surface area contributed by atoms with E-state index in [1.807, 2.05) is 52.7 Å². The van der Waals surface area contributed by atoms with Crippen LogP contribution in [-0.4, -0.2) is 54.4 Å². The number of carbonyl (C=O) groups excluding carboxylic acids is 2. The Hall–Kier alpha value is -2.90. The van der Waals surface area contributed by atoms with Gasteiger partial charge in [0.2, 0.25) is 0 Å². The van der Waals surface area contributed by atoms with E-state index in [1.165, 1.54) is 11.3 Å². The number of carbonyl (C=O) groups is 2. The summed E-state index contributed by atoms with van der Waals surface area (Å²) in [4.78, 5) is 34.1. The van der Waals surface area contributed by atoms with Gasteiger partial charge in [0, 0.05) is 43.9 Å². The van der Waals surface area contributed by atoms with E-state index in [0.29, 0.717) is 36.6 Å². The molecule has 31 heavy (non-hydrogen) atoms. The monoisotopic (exact) mass is 454 g/mol.